The van der Waals surface area contributed by atoms with Crippen molar-refractivity contribution in [1.29, 1.82) is 0 Å². The normalized spacial score (nSPS) is 24.1. The minimum Gasteiger partial charge on any atom is -0.372 e. The van der Waals surface area contributed by atoms with Crippen LogP contribution < -0.4 is 5.32 Å². The SMILES string of the molecule is CC(C)Cc1ccc(C2CNC(C(C)(C)C)CCO2)cc1. The average molecular weight is 289 g/mol. The van der Waals surface area contributed by atoms with Gasteiger partial charge in [-0.05, 0) is 35.3 Å². The first kappa shape index (κ1) is 16.5. The van der Waals surface area contributed by atoms with Crippen LogP contribution in [-0.2, 0) is 11.2 Å². The van der Waals surface area contributed by atoms with Gasteiger partial charge in [-0.1, -0.05) is 58.9 Å². The zero-order valence-electron chi connectivity index (χ0n) is 14.3. The molecule has 118 valence electrons. The van der Waals surface area contributed by atoms with Crippen molar-refractivity contribution >= 4 is 0 Å². The molecule has 0 amide bonds. The number of hydrogen-bond acceptors (Lipinski definition) is 2. The lowest BCUT2D eigenvalue weighted by Gasteiger charge is -2.30. The summed E-state index contributed by atoms with van der Waals surface area (Å²) in [6.07, 6.45) is 2.42. The van der Waals surface area contributed by atoms with Gasteiger partial charge >= 0.3 is 0 Å². The van der Waals surface area contributed by atoms with Crippen LogP contribution in [0.2, 0.25) is 0 Å². The van der Waals surface area contributed by atoms with Gasteiger partial charge in [0.2, 0.25) is 0 Å². The Morgan fingerprint density at radius 1 is 1.19 bits per heavy atom. The van der Waals surface area contributed by atoms with Gasteiger partial charge in [-0.25, -0.2) is 0 Å². The Labute approximate surface area is 130 Å². The lowest BCUT2D eigenvalue weighted by Crippen LogP contribution is -2.40. The molecule has 2 heteroatoms. The number of rotatable bonds is 3. The van der Waals surface area contributed by atoms with Gasteiger partial charge in [-0.3, -0.25) is 0 Å². The van der Waals surface area contributed by atoms with Crippen molar-refractivity contribution in [2.45, 2.75) is 59.6 Å². The maximum Gasteiger partial charge on any atom is 0.0949 e. The summed E-state index contributed by atoms with van der Waals surface area (Å²) in [5, 5.41) is 3.69. The molecule has 1 heterocycles. The van der Waals surface area contributed by atoms with Crippen LogP contribution in [0, 0.1) is 11.3 Å². The minimum absolute atomic E-state index is 0.186. The molecule has 2 nitrogen and oxygen atoms in total. The summed E-state index contributed by atoms with van der Waals surface area (Å²) in [6, 6.07) is 9.52. The van der Waals surface area contributed by atoms with Crippen molar-refractivity contribution in [3.05, 3.63) is 35.4 Å². The van der Waals surface area contributed by atoms with Crippen LogP contribution in [0.4, 0.5) is 0 Å². The standard InChI is InChI=1S/C19H31NO/c1-14(2)12-15-6-8-16(9-7-15)17-13-20-18(10-11-21-17)19(3,4)5/h6-9,14,17-18,20H,10-13H2,1-5H3. The van der Waals surface area contributed by atoms with Crippen molar-refractivity contribution in [2.75, 3.05) is 13.2 Å². The fourth-order valence-corrected chi connectivity index (χ4v) is 3.03. The maximum atomic E-state index is 6.07. The van der Waals surface area contributed by atoms with E-state index in [4.69, 9.17) is 4.74 Å². The second-order valence-electron chi connectivity index (χ2n) is 7.81. The van der Waals surface area contributed by atoms with Crippen molar-refractivity contribution in [1.82, 2.24) is 5.32 Å². The summed E-state index contributed by atoms with van der Waals surface area (Å²) >= 11 is 0. The molecular formula is C19H31NO. The molecule has 21 heavy (non-hydrogen) atoms. The molecule has 2 atom stereocenters. The predicted molar refractivity (Wildman–Crippen MR) is 89.5 cm³/mol. The molecule has 2 rings (SSSR count). The van der Waals surface area contributed by atoms with Crippen LogP contribution in [0.1, 0.15) is 58.3 Å². The first-order chi connectivity index (χ1) is 9.86. The summed E-state index contributed by atoms with van der Waals surface area (Å²) in [5.41, 5.74) is 3.01. The van der Waals surface area contributed by atoms with Crippen molar-refractivity contribution in [3.8, 4) is 0 Å². The Balaban J connectivity index is 1.99. The summed E-state index contributed by atoms with van der Waals surface area (Å²) in [6.45, 7) is 13.2. The highest BCUT2D eigenvalue weighted by Crippen LogP contribution is 2.27. The molecule has 1 aliphatic heterocycles. The first-order valence-electron chi connectivity index (χ1n) is 8.30. The molecule has 2 unspecified atom stereocenters. The van der Waals surface area contributed by atoms with E-state index in [0.717, 1.165) is 26.0 Å². The second-order valence-corrected chi connectivity index (χ2v) is 7.81. The first-order valence-corrected chi connectivity index (χ1v) is 8.30. The Bertz CT molecular complexity index is 430. The van der Waals surface area contributed by atoms with Gasteiger partial charge in [-0.15, -0.1) is 0 Å². The highest BCUT2D eigenvalue weighted by atomic mass is 16.5. The van der Waals surface area contributed by atoms with Gasteiger partial charge in [0.05, 0.1) is 6.10 Å². The average Bonchev–Trinajstić information content (AvgIpc) is 2.64. The molecule has 1 aromatic carbocycles. The van der Waals surface area contributed by atoms with Crippen LogP contribution in [0.25, 0.3) is 0 Å². The van der Waals surface area contributed by atoms with Gasteiger partial charge < -0.3 is 10.1 Å². The smallest absolute Gasteiger partial charge is 0.0949 e. The van der Waals surface area contributed by atoms with E-state index in [-0.39, 0.29) is 6.10 Å². The Hall–Kier alpha value is -0.860. The predicted octanol–water partition coefficient (Wildman–Crippen LogP) is 4.35. The quantitative estimate of drug-likeness (QED) is 0.893. The summed E-state index contributed by atoms with van der Waals surface area (Å²) in [7, 11) is 0. The van der Waals surface area contributed by atoms with E-state index in [1.54, 1.807) is 0 Å². The van der Waals surface area contributed by atoms with Crippen molar-refractivity contribution < 1.29 is 4.74 Å². The molecule has 0 bridgehead atoms. The van der Waals surface area contributed by atoms with Gasteiger partial charge in [0.1, 0.15) is 0 Å². The van der Waals surface area contributed by atoms with Crippen molar-refractivity contribution in [2.24, 2.45) is 11.3 Å². The fourth-order valence-electron chi connectivity index (χ4n) is 3.03. The zero-order valence-corrected chi connectivity index (χ0v) is 14.3. The summed E-state index contributed by atoms with van der Waals surface area (Å²) < 4.78 is 6.07. The molecule has 0 radical (unpaired) electrons. The van der Waals surface area contributed by atoms with Crippen molar-refractivity contribution in [3.63, 3.8) is 0 Å². The van der Waals surface area contributed by atoms with Crippen LogP contribution in [0.3, 0.4) is 0 Å². The largest absolute Gasteiger partial charge is 0.372 e. The minimum atomic E-state index is 0.186. The van der Waals surface area contributed by atoms with Gasteiger partial charge in [0.25, 0.3) is 0 Å². The third-order valence-electron chi connectivity index (χ3n) is 4.32. The number of hydrogen-bond donors (Lipinski definition) is 1. The van der Waals surface area contributed by atoms with E-state index in [9.17, 15) is 0 Å². The molecule has 0 spiro atoms. The Kier molecular flexibility index (Phi) is 5.45. The molecule has 1 aliphatic rings. The summed E-state index contributed by atoms with van der Waals surface area (Å²) in [4.78, 5) is 0. The number of ether oxygens (including phenoxy) is 1. The van der Waals surface area contributed by atoms with E-state index < -0.39 is 0 Å². The van der Waals surface area contributed by atoms with E-state index >= 15 is 0 Å². The molecule has 1 N–H and O–H groups in total. The Morgan fingerprint density at radius 3 is 2.43 bits per heavy atom. The van der Waals surface area contributed by atoms with Crippen LogP contribution in [0.5, 0.6) is 0 Å². The molecular weight excluding hydrogens is 258 g/mol. The Morgan fingerprint density at radius 2 is 1.86 bits per heavy atom. The number of benzene rings is 1. The van der Waals surface area contributed by atoms with E-state index in [1.807, 2.05) is 0 Å². The van der Waals surface area contributed by atoms with Gasteiger partial charge in [0, 0.05) is 19.2 Å². The van der Waals surface area contributed by atoms with E-state index in [1.165, 1.54) is 11.1 Å². The molecule has 1 aromatic rings. The molecule has 1 saturated heterocycles. The third kappa shape index (κ3) is 4.82. The van der Waals surface area contributed by atoms with Gasteiger partial charge in [0.15, 0.2) is 0 Å². The zero-order chi connectivity index (χ0) is 15.5. The fraction of sp³-hybridized carbons (Fsp3) is 0.684. The topological polar surface area (TPSA) is 21.3 Å². The molecule has 0 aliphatic carbocycles. The molecule has 0 saturated carbocycles. The monoisotopic (exact) mass is 289 g/mol. The van der Waals surface area contributed by atoms with Crippen LogP contribution in [0.15, 0.2) is 24.3 Å². The molecule has 1 fully saturated rings. The lowest BCUT2D eigenvalue weighted by atomic mass is 9.85. The van der Waals surface area contributed by atoms with E-state index in [2.05, 4.69) is 64.2 Å². The maximum absolute atomic E-state index is 6.07. The van der Waals surface area contributed by atoms with Crippen LogP contribution >= 0.6 is 0 Å². The lowest BCUT2D eigenvalue weighted by molar-refractivity contribution is 0.0654. The third-order valence-corrected chi connectivity index (χ3v) is 4.32. The highest BCUT2D eigenvalue weighted by molar-refractivity contribution is 5.25. The van der Waals surface area contributed by atoms with Gasteiger partial charge in [-0.2, -0.15) is 0 Å². The highest BCUT2D eigenvalue weighted by Gasteiger charge is 2.28. The molecule has 0 aromatic heterocycles. The van der Waals surface area contributed by atoms with E-state index in [0.29, 0.717) is 17.4 Å². The second kappa shape index (κ2) is 6.93. The number of nitrogens with one attached hydrogen (secondary N) is 1. The summed E-state index contributed by atoms with van der Waals surface area (Å²) in [5.74, 6) is 0.708. The van der Waals surface area contributed by atoms with Crippen LogP contribution in [-0.4, -0.2) is 19.2 Å².